The number of nitrogens with one attached hydrogen (secondary N) is 2. The molecule has 1 aromatic carbocycles. The van der Waals surface area contributed by atoms with E-state index in [1.165, 1.54) is 11.9 Å². The molecule has 0 aliphatic heterocycles. The molecule has 0 amide bonds. The summed E-state index contributed by atoms with van der Waals surface area (Å²) in [5.74, 6) is 0.802. The Morgan fingerprint density at radius 1 is 1.39 bits per heavy atom. The first-order valence-electron chi connectivity index (χ1n) is 5.68. The van der Waals surface area contributed by atoms with Crippen LogP contribution in [0.3, 0.4) is 0 Å². The molecule has 0 saturated carbocycles. The summed E-state index contributed by atoms with van der Waals surface area (Å²) in [5.41, 5.74) is 1.72. The average Bonchev–Trinajstić information content (AvgIpc) is 2.35. The van der Waals surface area contributed by atoms with E-state index < -0.39 is 0 Å². The van der Waals surface area contributed by atoms with Crippen molar-refractivity contribution in [3.05, 3.63) is 51.5 Å². The van der Waals surface area contributed by atoms with E-state index >= 15 is 0 Å². The average molecular weight is 264 g/mol. The number of hydrogen-bond acceptors (Lipinski definition) is 3. The summed E-state index contributed by atoms with van der Waals surface area (Å²) >= 11 is 5.88. The standard InChI is InChI=1S/C13H14ClN3O/c1-8(2)9-4-3-5-10(6-9)17-12-11(14)13(18)16-7-15-12/h3-8H,1-2H3,(H2,15,16,17,18). The van der Waals surface area contributed by atoms with Crippen molar-refractivity contribution in [3.8, 4) is 0 Å². The number of halogens is 1. The van der Waals surface area contributed by atoms with Crippen LogP contribution < -0.4 is 10.9 Å². The van der Waals surface area contributed by atoms with E-state index in [2.05, 4.69) is 35.2 Å². The molecule has 0 fully saturated rings. The molecule has 0 atom stereocenters. The zero-order valence-corrected chi connectivity index (χ0v) is 11.0. The second kappa shape index (κ2) is 5.23. The zero-order chi connectivity index (χ0) is 13.1. The third-order valence-electron chi connectivity index (χ3n) is 2.61. The molecule has 1 heterocycles. The van der Waals surface area contributed by atoms with Gasteiger partial charge in [0.25, 0.3) is 5.56 Å². The van der Waals surface area contributed by atoms with Crippen LogP contribution in [0.25, 0.3) is 0 Å². The minimum Gasteiger partial charge on any atom is -0.339 e. The van der Waals surface area contributed by atoms with Gasteiger partial charge in [0.15, 0.2) is 5.82 Å². The van der Waals surface area contributed by atoms with Gasteiger partial charge in [-0.05, 0) is 23.6 Å². The molecular formula is C13H14ClN3O. The fourth-order valence-electron chi connectivity index (χ4n) is 1.58. The SMILES string of the molecule is CC(C)c1cccc(Nc2nc[nH]c(=O)c2Cl)c1. The van der Waals surface area contributed by atoms with Crippen LogP contribution in [-0.4, -0.2) is 9.97 Å². The Labute approximate surface area is 110 Å². The van der Waals surface area contributed by atoms with Crippen LogP contribution in [-0.2, 0) is 0 Å². The zero-order valence-electron chi connectivity index (χ0n) is 10.2. The van der Waals surface area contributed by atoms with E-state index in [1.54, 1.807) is 0 Å². The number of nitrogens with zero attached hydrogens (tertiary/aromatic N) is 1. The first kappa shape index (κ1) is 12.6. The molecule has 18 heavy (non-hydrogen) atoms. The van der Waals surface area contributed by atoms with E-state index in [4.69, 9.17) is 11.6 Å². The van der Waals surface area contributed by atoms with Crippen LogP contribution in [0.15, 0.2) is 35.4 Å². The molecular weight excluding hydrogens is 250 g/mol. The van der Waals surface area contributed by atoms with Gasteiger partial charge in [-0.2, -0.15) is 0 Å². The maximum absolute atomic E-state index is 11.3. The molecule has 0 bridgehead atoms. The maximum atomic E-state index is 11.3. The van der Waals surface area contributed by atoms with Crippen LogP contribution in [0.1, 0.15) is 25.3 Å². The fraction of sp³-hybridized carbons (Fsp3) is 0.231. The largest absolute Gasteiger partial charge is 0.339 e. The van der Waals surface area contributed by atoms with Crippen molar-refractivity contribution in [2.75, 3.05) is 5.32 Å². The van der Waals surface area contributed by atoms with Crippen molar-refractivity contribution in [3.63, 3.8) is 0 Å². The van der Waals surface area contributed by atoms with E-state index in [0.717, 1.165) is 5.69 Å². The van der Waals surface area contributed by atoms with Crippen molar-refractivity contribution in [1.82, 2.24) is 9.97 Å². The summed E-state index contributed by atoms with van der Waals surface area (Å²) in [6.07, 6.45) is 1.32. The number of aromatic amines is 1. The highest BCUT2D eigenvalue weighted by molar-refractivity contribution is 6.32. The molecule has 0 aliphatic carbocycles. The van der Waals surface area contributed by atoms with Crippen molar-refractivity contribution >= 4 is 23.1 Å². The van der Waals surface area contributed by atoms with Crippen molar-refractivity contribution in [2.24, 2.45) is 0 Å². The van der Waals surface area contributed by atoms with Crippen LogP contribution in [0.2, 0.25) is 5.02 Å². The van der Waals surface area contributed by atoms with Gasteiger partial charge in [-0.25, -0.2) is 4.98 Å². The van der Waals surface area contributed by atoms with Gasteiger partial charge in [0.2, 0.25) is 0 Å². The Morgan fingerprint density at radius 2 is 2.17 bits per heavy atom. The summed E-state index contributed by atoms with van der Waals surface area (Å²) in [6.45, 7) is 4.25. The Morgan fingerprint density at radius 3 is 2.89 bits per heavy atom. The second-order valence-electron chi connectivity index (χ2n) is 4.30. The fourth-order valence-corrected chi connectivity index (χ4v) is 1.73. The molecule has 0 aliphatic rings. The number of benzene rings is 1. The number of anilines is 2. The summed E-state index contributed by atoms with van der Waals surface area (Å²) in [5, 5.41) is 3.11. The lowest BCUT2D eigenvalue weighted by Crippen LogP contribution is -2.09. The van der Waals surface area contributed by atoms with Crippen LogP contribution in [0.5, 0.6) is 0 Å². The summed E-state index contributed by atoms with van der Waals surface area (Å²) < 4.78 is 0. The molecule has 0 radical (unpaired) electrons. The molecule has 4 nitrogen and oxygen atoms in total. The first-order chi connectivity index (χ1) is 8.58. The minimum absolute atomic E-state index is 0.0625. The molecule has 2 aromatic rings. The van der Waals surface area contributed by atoms with E-state index in [-0.39, 0.29) is 10.6 Å². The van der Waals surface area contributed by atoms with Crippen LogP contribution >= 0.6 is 11.6 Å². The van der Waals surface area contributed by atoms with Gasteiger partial charge in [0, 0.05) is 5.69 Å². The van der Waals surface area contributed by atoms with E-state index in [9.17, 15) is 4.79 Å². The van der Waals surface area contributed by atoms with Gasteiger partial charge in [-0.15, -0.1) is 0 Å². The number of rotatable bonds is 3. The summed E-state index contributed by atoms with van der Waals surface area (Å²) in [7, 11) is 0. The molecule has 0 saturated heterocycles. The normalized spacial score (nSPS) is 10.7. The smallest absolute Gasteiger partial charge is 0.271 e. The van der Waals surface area contributed by atoms with Gasteiger partial charge in [0.05, 0.1) is 6.33 Å². The van der Waals surface area contributed by atoms with Crippen LogP contribution in [0.4, 0.5) is 11.5 Å². The quantitative estimate of drug-likeness (QED) is 0.893. The van der Waals surface area contributed by atoms with Gasteiger partial charge in [-0.3, -0.25) is 4.79 Å². The van der Waals surface area contributed by atoms with Crippen molar-refractivity contribution in [1.29, 1.82) is 0 Å². The lowest BCUT2D eigenvalue weighted by molar-refractivity contribution is 0.867. The molecule has 1 aromatic heterocycles. The minimum atomic E-state index is -0.353. The molecule has 2 N–H and O–H groups in total. The Bertz CT molecular complexity index is 607. The highest BCUT2D eigenvalue weighted by atomic mass is 35.5. The van der Waals surface area contributed by atoms with Gasteiger partial charge in [-0.1, -0.05) is 37.6 Å². The van der Waals surface area contributed by atoms with Gasteiger partial charge >= 0.3 is 0 Å². The number of H-pyrrole nitrogens is 1. The lowest BCUT2D eigenvalue weighted by atomic mass is 10.0. The van der Waals surface area contributed by atoms with Crippen molar-refractivity contribution in [2.45, 2.75) is 19.8 Å². The van der Waals surface area contributed by atoms with E-state index in [0.29, 0.717) is 11.7 Å². The third-order valence-corrected chi connectivity index (χ3v) is 2.96. The van der Waals surface area contributed by atoms with Gasteiger partial charge in [0.1, 0.15) is 5.02 Å². The predicted molar refractivity (Wildman–Crippen MR) is 73.7 cm³/mol. The second-order valence-corrected chi connectivity index (χ2v) is 4.68. The Hall–Kier alpha value is -1.81. The first-order valence-corrected chi connectivity index (χ1v) is 6.06. The highest BCUT2D eigenvalue weighted by Crippen LogP contribution is 2.22. The Balaban J connectivity index is 2.31. The van der Waals surface area contributed by atoms with Crippen molar-refractivity contribution < 1.29 is 0 Å². The predicted octanol–water partition coefficient (Wildman–Crippen LogP) is 3.29. The lowest BCUT2D eigenvalue weighted by Gasteiger charge is -2.10. The molecule has 5 heteroatoms. The summed E-state index contributed by atoms with van der Waals surface area (Å²) in [6, 6.07) is 7.94. The maximum Gasteiger partial charge on any atom is 0.271 e. The number of hydrogen-bond donors (Lipinski definition) is 2. The van der Waals surface area contributed by atoms with Crippen LogP contribution in [0, 0.1) is 0 Å². The molecule has 94 valence electrons. The monoisotopic (exact) mass is 263 g/mol. The molecule has 0 spiro atoms. The number of aromatic nitrogens is 2. The highest BCUT2D eigenvalue weighted by Gasteiger charge is 2.06. The van der Waals surface area contributed by atoms with E-state index in [1.807, 2.05) is 18.2 Å². The molecule has 2 rings (SSSR count). The summed E-state index contributed by atoms with van der Waals surface area (Å²) in [4.78, 5) is 17.8. The topological polar surface area (TPSA) is 57.8 Å². The Kier molecular flexibility index (Phi) is 3.67. The third kappa shape index (κ3) is 2.71. The van der Waals surface area contributed by atoms with Gasteiger partial charge < -0.3 is 10.3 Å². The molecule has 0 unspecified atom stereocenters.